The Bertz CT molecular complexity index is 916. The molecule has 2 aromatic carbocycles. The molecule has 0 saturated carbocycles. The minimum atomic E-state index is -0.501. The Morgan fingerprint density at radius 1 is 0.556 bits per heavy atom. The molecular formula is C24H32N6O6. The van der Waals surface area contributed by atoms with E-state index in [0.29, 0.717) is 24.2 Å². The van der Waals surface area contributed by atoms with E-state index < -0.39 is 9.85 Å². The monoisotopic (exact) mass is 500 g/mol. The molecule has 0 aliphatic heterocycles. The summed E-state index contributed by atoms with van der Waals surface area (Å²) in [6.07, 6.45) is 3.59. The number of carbonyl (C=O) groups excluding carboxylic acids is 2. The number of rotatable bonds is 17. The van der Waals surface area contributed by atoms with Gasteiger partial charge in [0.1, 0.15) is 0 Å². The van der Waals surface area contributed by atoms with E-state index in [4.69, 9.17) is 0 Å². The molecule has 0 bridgehead atoms. The number of nitro benzene ring substituents is 2. The Morgan fingerprint density at radius 2 is 0.889 bits per heavy atom. The highest BCUT2D eigenvalue weighted by atomic mass is 16.6. The summed E-state index contributed by atoms with van der Waals surface area (Å²) in [6.45, 7) is 4.35. The zero-order valence-electron chi connectivity index (χ0n) is 20.0. The van der Waals surface area contributed by atoms with E-state index in [1.165, 1.54) is 48.5 Å². The van der Waals surface area contributed by atoms with Crippen LogP contribution in [0.3, 0.4) is 0 Å². The predicted octanol–water partition coefficient (Wildman–Crippen LogP) is 2.40. The van der Waals surface area contributed by atoms with Crippen LogP contribution in [0.5, 0.6) is 0 Å². The number of unbranched alkanes of at least 4 members (excludes halogenated alkanes) is 1. The summed E-state index contributed by atoms with van der Waals surface area (Å²) in [7, 11) is 0. The number of amides is 2. The van der Waals surface area contributed by atoms with Crippen molar-refractivity contribution in [1.29, 1.82) is 0 Å². The molecule has 0 radical (unpaired) electrons. The van der Waals surface area contributed by atoms with E-state index in [-0.39, 0.29) is 23.2 Å². The molecule has 4 N–H and O–H groups in total. The molecule has 0 fully saturated rings. The lowest BCUT2D eigenvalue weighted by Gasteiger charge is -2.08. The normalized spacial score (nSPS) is 10.6. The average molecular weight is 501 g/mol. The lowest BCUT2D eigenvalue weighted by atomic mass is 10.2. The fourth-order valence-corrected chi connectivity index (χ4v) is 3.25. The number of nitrogens with one attached hydrogen (secondary N) is 4. The number of carbonyl (C=O) groups is 2. The first kappa shape index (κ1) is 28.3. The van der Waals surface area contributed by atoms with Gasteiger partial charge in [0, 0.05) is 48.5 Å². The Balaban J connectivity index is 1.38. The fourth-order valence-electron chi connectivity index (χ4n) is 3.25. The highest BCUT2D eigenvalue weighted by molar-refractivity contribution is 5.94. The van der Waals surface area contributed by atoms with Crippen molar-refractivity contribution in [3.8, 4) is 0 Å². The van der Waals surface area contributed by atoms with Crippen molar-refractivity contribution < 1.29 is 19.4 Å². The van der Waals surface area contributed by atoms with Crippen LogP contribution in [0.1, 0.15) is 46.4 Å². The molecule has 2 rings (SSSR count). The second kappa shape index (κ2) is 15.9. The first-order chi connectivity index (χ1) is 17.4. The molecule has 0 aliphatic carbocycles. The van der Waals surface area contributed by atoms with Gasteiger partial charge in [-0.15, -0.1) is 0 Å². The summed E-state index contributed by atoms with van der Waals surface area (Å²) in [6, 6.07) is 11.0. The van der Waals surface area contributed by atoms with Crippen LogP contribution in [-0.2, 0) is 0 Å². The molecule has 194 valence electrons. The van der Waals surface area contributed by atoms with E-state index in [1.807, 2.05) is 0 Å². The zero-order chi connectivity index (χ0) is 26.2. The van der Waals surface area contributed by atoms with Gasteiger partial charge in [-0.05, 0) is 76.1 Å². The molecule has 0 spiro atoms. The van der Waals surface area contributed by atoms with Crippen molar-refractivity contribution in [2.75, 3.05) is 39.3 Å². The van der Waals surface area contributed by atoms with Crippen LogP contribution in [0.4, 0.5) is 11.4 Å². The summed E-state index contributed by atoms with van der Waals surface area (Å²) in [4.78, 5) is 44.3. The van der Waals surface area contributed by atoms with E-state index >= 15 is 0 Å². The van der Waals surface area contributed by atoms with Crippen molar-refractivity contribution in [2.45, 2.75) is 25.7 Å². The molecule has 0 saturated heterocycles. The van der Waals surface area contributed by atoms with Gasteiger partial charge in [-0.1, -0.05) is 0 Å². The quantitative estimate of drug-likeness (QED) is 0.146. The third-order valence-corrected chi connectivity index (χ3v) is 5.27. The lowest BCUT2D eigenvalue weighted by Crippen LogP contribution is -2.28. The van der Waals surface area contributed by atoms with E-state index in [2.05, 4.69) is 21.3 Å². The van der Waals surface area contributed by atoms with Gasteiger partial charge in [0.2, 0.25) is 0 Å². The van der Waals surface area contributed by atoms with Crippen molar-refractivity contribution in [2.24, 2.45) is 0 Å². The van der Waals surface area contributed by atoms with Crippen molar-refractivity contribution in [3.63, 3.8) is 0 Å². The highest BCUT2D eigenvalue weighted by Gasteiger charge is 2.09. The molecule has 12 heteroatoms. The number of non-ortho nitro benzene ring substituents is 2. The fraction of sp³-hybridized carbons (Fsp3) is 0.417. The Morgan fingerprint density at radius 3 is 1.22 bits per heavy atom. The first-order valence-electron chi connectivity index (χ1n) is 11.8. The predicted molar refractivity (Wildman–Crippen MR) is 135 cm³/mol. The lowest BCUT2D eigenvalue weighted by molar-refractivity contribution is -0.385. The molecule has 12 nitrogen and oxygen atoms in total. The molecule has 0 aromatic heterocycles. The van der Waals surface area contributed by atoms with Crippen LogP contribution >= 0.6 is 0 Å². The third-order valence-electron chi connectivity index (χ3n) is 5.27. The maximum absolute atomic E-state index is 12.0. The zero-order valence-corrected chi connectivity index (χ0v) is 20.0. The second-order valence-electron chi connectivity index (χ2n) is 8.03. The summed E-state index contributed by atoms with van der Waals surface area (Å²) >= 11 is 0. The molecule has 0 aliphatic rings. The number of benzene rings is 2. The summed E-state index contributed by atoms with van der Waals surface area (Å²) in [5.41, 5.74) is 0.702. The minimum Gasteiger partial charge on any atom is -0.352 e. The maximum Gasteiger partial charge on any atom is 0.269 e. The smallest absolute Gasteiger partial charge is 0.269 e. The molecule has 0 atom stereocenters. The summed E-state index contributed by atoms with van der Waals surface area (Å²) < 4.78 is 0. The topological polar surface area (TPSA) is 169 Å². The van der Waals surface area contributed by atoms with Gasteiger partial charge in [0.25, 0.3) is 23.2 Å². The Hall–Kier alpha value is -3.90. The van der Waals surface area contributed by atoms with E-state index in [1.54, 1.807) is 0 Å². The van der Waals surface area contributed by atoms with Gasteiger partial charge in [0.05, 0.1) is 9.85 Å². The van der Waals surface area contributed by atoms with E-state index in [0.717, 1.165) is 51.9 Å². The van der Waals surface area contributed by atoms with Gasteiger partial charge in [-0.25, -0.2) is 0 Å². The first-order valence-corrected chi connectivity index (χ1v) is 11.8. The van der Waals surface area contributed by atoms with Crippen LogP contribution in [0.15, 0.2) is 48.5 Å². The molecular weight excluding hydrogens is 468 g/mol. The van der Waals surface area contributed by atoms with E-state index in [9.17, 15) is 29.8 Å². The van der Waals surface area contributed by atoms with Gasteiger partial charge in [-0.2, -0.15) is 0 Å². The Kier molecular flexibility index (Phi) is 12.5. The van der Waals surface area contributed by atoms with Gasteiger partial charge in [-0.3, -0.25) is 29.8 Å². The number of nitrogens with zero attached hydrogens (tertiary/aromatic N) is 2. The van der Waals surface area contributed by atoms with Crippen molar-refractivity contribution in [3.05, 3.63) is 79.9 Å². The minimum absolute atomic E-state index is 0.0451. The molecule has 2 aromatic rings. The van der Waals surface area contributed by atoms with Gasteiger partial charge in [0.15, 0.2) is 0 Å². The molecule has 36 heavy (non-hydrogen) atoms. The molecule has 0 heterocycles. The summed E-state index contributed by atoms with van der Waals surface area (Å²) in [5, 5.41) is 33.5. The number of hydrogen-bond acceptors (Lipinski definition) is 8. The van der Waals surface area contributed by atoms with Crippen LogP contribution in [0.25, 0.3) is 0 Å². The van der Waals surface area contributed by atoms with Crippen molar-refractivity contribution in [1.82, 2.24) is 21.3 Å². The van der Waals surface area contributed by atoms with Crippen LogP contribution in [0, 0.1) is 20.2 Å². The van der Waals surface area contributed by atoms with Gasteiger partial charge < -0.3 is 21.3 Å². The number of nitro groups is 2. The van der Waals surface area contributed by atoms with Gasteiger partial charge >= 0.3 is 0 Å². The molecule has 0 unspecified atom stereocenters. The molecule has 2 amide bonds. The Labute approximate surface area is 209 Å². The third kappa shape index (κ3) is 10.6. The largest absolute Gasteiger partial charge is 0.352 e. The SMILES string of the molecule is O=C(NCCCNCCCCNCCCNC(=O)c1ccc([N+](=O)[O-])cc1)c1ccc([N+](=O)[O-])cc1. The number of hydrogen-bond donors (Lipinski definition) is 4. The summed E-state index contributed by atoms with van der Waals surface area (Å²) in [5.74, 6) is -0.497. The van der Waals surface area contributed by atoms with Crippen LogP contribution in [-0.4, -0.2) is 60.9 Å². The van der Waals surface area contributed by atoms with Crippen molar-refractivity contribution >= 4 is 23.2 Å². The van der Waals surface area contributed by atoms with Crippen LogP contribution in [0.2, 0.25) is 0 Å². The second-order valence-corrected chi connectivity index (χ2v) is 8.03. The average Bonchev–Trinajstić information content (AvgIpc) is 2.88. The maximum atomic E-state index is 12.0. The highest BCUT2D eigenvalue weighted by Crippen LogP contribution is 2.12. The standard InChI is InChI=1S/C24H32N6O6/c31-23(19-5-9-21(10-6-19)29(33)34)27-17-3-15-25-13-1-2-14-26-16-4-18-28-24(32)20-7-11-22(12-8-20)30(35)36/h5-12,25-26H,1-4,13-18H2,(H,27,31)(H,28,32). The van der Waals surface area contributed by atoms with Crippen LogP contribution < -0.4 is 21.3 Å².